The molecule has 1 fully saturated rings. The Hall–Kier alpha value is -2.04. The number of carbonyl (C=O) groups excluding carboxylic acids is 2. The van der Waals surface area contributed by atoms with Gasteiger partial charge in [0.1, 0.15) is 0 Å². The van der Waals surface area contributed by atoms with E-state index in [1.54, 1.807) is 17.0 Å². The Labute approximate surface area is 125 Å². The summed E-state index contributed by atoms with van der Waals surface area (Å²) in [4.78, 5) is 25.7. The third-order valence-corrected chi connectivity index (χ3v) is 4.16. The molecule has 2 amide bonds. The molecule has 5 nitrogen and oxygen atoms in total. The highest BCUT2D eigenvalue weighted by atomic mass is 16.2. The minimum atomic E-state index is -0.463. The summed E-state index contributed by atoms with van der Waals surface area (Å²) in [5.74, 6) is -0.838. The van der Waals surface area contributed by atoms with Crippen LogP contribution in [0.3, 0.4) is 0 Å². The van der Waals surface area contributed by atoms with Gasteiger partial charge in [0.25, 0.3) is 0 Å². The largest absolute Gasteiger partial charge is 0.399 e. The van der Waals surface area contributed by atoms with Gasteiger partial charge in [0, 0.05) is 11.7 Å². The van der Waals surface area contributed by atoms with Crippen LogP contribution in [0.25, 0.3) is 0 Å². The smallest absolute Gasteiger partial charge is 0.237 e. The van der Waals surface area contributed by atoms with Gasteiger partial charge in [-0.3, -0.25) is 9.59 Å². The van der Waals surface area contributed by atoms with Crippen LogP contribution in [0, 0.1) is 0 Å². The highest BCUT2D eigenvalue weighted by molar-refractivity contribution is 5.88. The maximum Gasteiger partial charge on any atom is 0.237 e. The zero-order chi connectivity index (χ0) is 15.4. The van der Waals surface area contributed by atoms with Crippen molar-refractivity contribution in [1.29, 1.82) is 0 Å². The van der Waals surface area contributed by atoms with Crippen LogP contribution in [0.4, 0.5) is 5.69 Å². The van der Waals surface area contributed by atoms with E-state index in [1.165, 1.54) is 0 Å². The number of hydrogen-bond donors (Lipinski definition) is 2. The SMILES string of the molecule is CC(C(=O)N(CC(N)=O)C1CCCC1)c1cccc(N)c1. The molecular weight excluding hydrogens is 266 g/mol. The number of nitrogens with zero attached hydrogens (tertiary/aromatic N) is 1. The molecule has 2 rings (SSSR count). The average molecular weight is 289 g/mol. The lowest BCUT2D eigenvalue weighted by Crippen LogP contribution is -2.45. The van der Waals surface area contributed by atoms with Gasteiger partial charge >= 0.3 is 0 Å². The summed E-state index contributed by atoms with van der Waals surface area (Å²) < 4.78 is 0. The first-order valence-corrected chi connectivity index (χ1v) is 7.43. The highest BCUT2D eigenvalue weighted by Crippen LogP contribution is 2.27. The number of rotatable bonds is 5. The third kappa shape index (κ3) is 3.74. The molecule has 1 atom stereocenters. The summed E-state index contributed by atoms with van der Waals surface area (Å²) in [6.07, 6.45) is 4.09. The van der Waals surface area contributed by atoms with Crippen LogP contribution >= 0.6 is 0 Å². The Morgan fingerprint density at radius 3 is 2.57 bits per heavy atom. The van der Waals surface area contributed by atoms with E-state index >= 15 is 0 Å². The van der Waals surface area contributed by atoms with E-state index in [1.807, 2.05) is 19.1 Å². The summed E-state index contributed by atoms with van der Waals surface area (Å²) in [5, 5.41) is 0. The van der Waals surface area contributed by atoms with Crippen molar-refractivity contribution in [2.24, 2.45) is 5.73 Å². The summed E-state index contributed by atoms with van der Waals surface area (Å²) in [5.41, 5.74) is 12.6. The molecule has 0 aliphatic heterocycles. The van der Waals surface area contributed by atoms with Gasteiger partial charge in [-0.2, -0.15) is 0 Å². The van der Waals surface area contributed by atoms with Crippen molar-refractivity contribution in [2.45, 2.75) is 44.6 Å². The number of hydrogen-bond acceptors (Lipinski definition) is 3. The van der Waals surface area contributed by atoms with E-state index in [9.17, 15) is 9.59 Å². The van der Waals surface area contributed by atoms with Crippen molar-refractivity contribution in [2.75, 3.05) is 12.3 Å². The molecule has 1 aromatic rings. The third-order valence-electron chi connectivity index (χ3n) is 4.16. The van der Waals surface area contributed by atoms with Crippen molar-refractivity contribution in [3.8, 4) is 0 Å². The standard InChI is InChI=1S/C16H23N3O2/c1-11(12-5-4-6-13(17)9-12)16(21)19(10-15(18)20)14-7-2-3-8-14/h4-6,9,11,14H,2-3,7-8,10,17H2,1H3,(H2,18,20). The number of nitrogens with two attached hydrogens (primary N) is 2. The molecule has 4 N–H and O–H groups in total. The fraction of sp³-hybridized carbons (Fsp3) is 0.500. The lowest BCUT2D eigenvalue weighted by atomic mass is 9.98. The van der Waals surface area contributed by atoms with Crippen molar-refractivity contribution in [3.05, 3.63) is 29.8 Å². The Kier molecular flexibility index (Phi) is 4.83. The lowest BCUT2D eigenvalue weighted by molar-refractivity contribution is -0.138. The fourth-order valence-electron chi connectivity index (χ4n) is 2.99. The van der Waals surface area contributed by atoms with Gasteiger partial charge in [0.2, 0.25) is 11.8 Å². The first-order chi connectivity index (χ1) is 9.99. The molecule has 0 spiro atoms. The molecule has 0 heterocycles. The first-order valence-electron chi connectivity index (χ1n) is 7.43. The zero-order valence-corrected chi connectivity index (χ0v) is 12.4. The molecule has 1 aliphatic carbocycles. The molecule has 0 saturated heterocycles. The van der Waals surface area contributed by atoms with E-state index < -0.39 is 5.91 Å². The van der Waals surface area contributed by atoms with Crippen molar-refractivity contribution in [1.82, 2.24) is 4.90 Å². The summed E-state index contributed by atoms with van der Waals surface area (Å²) in [7, 11) is 0. The quantitative estimate of drug-likeness (QED) is 0.807. The Morgan fingerprint density at radius 1 is 1.33 bits per heavy atom. The second kappa shape index (κ2) is 6.61. The van der Waals surface area contributed by atoms with Gasteiger partial charge in [-0.25, -0.2) is 0 Å². The first kappa shape index (κ1) is 15.4. The van der Waals surface area contributed by atoms with Gasteiger partial charge in [0.05, 0.1) is 12.5 Å². The van der Waals surface area contributed by atoms with Crippen molar-refractivity contribution < 1.29 is 9.59 Å². The number of benzene rings is 1. The zero-order valence-electron chi connectivity index (χ0n) is 12.4. The Morgan fingerprint density at radius 2 is 2.00 bits per heavy atom. The molecule has 0 aromatic heterocycles. The van der Waals surface area contributed by atoms with Crippen LogP contribution in [-0.4, -0.2) is 29.3 Å². The summed E-state index contributed by atoms with van der Waals surface area (Å²) in [6, 6.07) is 7.45. The minimum absolute atomic E-state index is 0.00381. The molecule has 114 valence electrons. The van der Waals surface area contributed by atoms with Crippen LogP contribution in [0.15, 0.2) is 24.3 Å². The summed E-state index contributed by atoms with van der Waals surface area (Å²) in [6.45, 7) is 1.84. The molecule has 0 radical (unpaired) electrons. The molecule has 1 unspecified atom stereocenters. The van der Waals surface area contributed by atoms with Crippen molar-refractivity contribution in [3.63, 3.8) is 0 Å². The van der Waals surface area contributed by atoms with E-state index in [4.69, 9.17) is 11.5 Å². The predicted octanol–water partition coefficient (Wildman–Crippen LogP) is 1.63. The molecule has 5 heteroatoms. The molecule has 0 bridgehead atoms. The molecule has 1 aromatic carbocycles. The molecule has 1 aliphatic rings. The lowest BCUT2D eigenvalue weighted by Gasteiger charge is -2.30. The van der Waals surface area contributed by atoms with E-state index in [0.29, 0.717) is 5.69 Å². The van der Waals surface area contributed by atoms with Crippen LogP contribution < -0.4 is 11.5 Å². The molecule has 21 heavy (non-hydrogen) atoms. The maximum absolute atomic E-state index is 12.8. The second-order valence-electron chi connectivity index (χ2n) is 5.76. The van der Waals surface area contributed by atoms with Crippen LogP contribution in [0.2, 0.25) is 0 Å². The Bertz CT molecular complexity index is 524. The number of carbonyl (C=O) groups is 2. The molecule has 1 saturated carbocycles. The van der Waals surface area contributed by atoms with Gasteiger partial charge in [-0.05, 0) is 37.5 Å². The van der Waals surface area contributed by atoms with Crippen LogP contribution in [0.1, 0.15) is 44.1 Å². The number of amides is 2. The second-order valence-corrected chi connectivity index (χ2v) is 5.76. The van der Waals surface area contributed by atoms with Gasteiger partial charge < -0.3 is 16.4 Å². The maximum atomic E-state index is 12.8. The van der Waals surface area contributed by atoms with Crippen LogP contribution in [0.5, 0.6) is 0 Å². The van der Waals surface area contributed by atoms with E-state index in [-0.39, 0.29) is 24.4 Å². The molecular formula is C16H23N3O2. The van der Waals surface area contributed by atoms with Gasteiger partial charge in [-0.1, -0.05) is 25.0 Å². The highest BCUT2D eigenvalue weighted by Gasteiger charge is 2.31. The minimum Gasteiger partial charge on any atom is -0.399 e. The van der Waals surface area contributed by atoms with E-state index in [2.05, 4.69) is 0 Å². The summed E-state index contributed by atoms with van der Waals surface area (Å²) >= 11 is 0. The Balaban J connectivity index is 2.18. The number of nitrogen functional groups attached to an aromatic ring is 1. The number of primary amides is 1. The van der Waals surface area contributed by atoms with E-state index in [0.717, 1.165) is 31.2 Å². The monoisotopic (exact) mass is 289 g/mol. The predicted molar refractivity (Wildman–Crippen MR) is 82.4 cm³/mol. The normalized spacial score (nSPS) is 16.6. The topological polar surface area (TPSA) is 89.4 Å². The number of anilines is 1. The fourth-order valence-corrected chi connectivity index (χ4v) is 2.99. The van der Waals surface area contributed by atoms with Crippen LogP contribution in [-0.2, 0) is 9.59 Å². The van der Waals surface area contributed by atoms with Gasteiger partial charge in [0.15, 0.2) is 0 Å². The van der Waals surface area contributed by atoms with Crippen molar-refractivity contribution >= 4 is 17.5 Å². The average Bonchev–Trinajstić information content (AvgIpc) is 2.97. The van der Waals surface area contributed by atoms with Gasteiger partial charge in [-0.15, -0.1) is 0 Å².